The number of hydrogen-bond acceptors (Lipinski definition) is 8. The largest absolute Gasteiger partial charge is 0.378 e. The molecule has 3 heterocycles. The Balaban J connectivity index is 1.72. The van der Waals surface area contributed by atoms with Crippen LogP contribution in [0.5, 0.6) is 0 Å². The van der Waals surface area contributed by atoms with E-state index in [0.717, 1.165) is 41.4 Å². The number of pyridine rings is 1. The number of piperazine rings is 1. The summed E-state index contributed by atoms with van der Waals surface area (Å²) in [5.41, 5.74) is 8.75. The molecule has 10 nitrogen and oxygen atoms in total. The highest BCUT2D eigenvalue weighted by molar-refractivity contribution is 5.89. The van der Waals surface area contributed by atoms with Crippen molar-refractivity contribution in [2.45, 2.75) is 52.1 Å². The Morgan fingerprint density at radius 3 is 2.59 bits per heavy atom. The van der Waals surface area contributed by atoms with E-state index in [-0.39, 0.29) is 12.1 Å². The molecule has 0 saturated carbocycles. The lowest BCUT2D eigenvalue weighted by Crippen LogP contribution is -2.51. The van der Waals surface area contributed by atoms with E-state index in [9.17, 15) is 4.79 Å². The first-order chi connectivity index (χ1) is 17.9. The average Bonchev–Trinajstić information content (AvgIpc) is 2.93. The predicted molar refractivity (Wildman–Crippen MR) is 150 cm³/mol. The normalized spacial score (nSPS) is 15.3. The van der Waals surface area contributed by atoms with E-state index in [0.29, 0.717) is 43.6 Å². The monoisotopic (exact) mass is 503 g/mol. The number of carbonyl (C=O) groups excluding carboxylic acids is 1. The van der Waals surface area contributed by atoms with Crippen LogP contribution in [0.25, 0.3) is 10.9 Å². The van der Waals surface area contributed by atoms with Crippen LogP contribution in [0, 0.1) is 5.41 Å². The highest BCUT2D eigenvalue weighted by Gasteiger charge is 2.25. The minimum absolute atomic E-state index is 0.0207. The number of urea groups is 1. The number of nitrogens with two attached hydrogens (primary N) is 1. The second-order valence-corrected chi connectivity index (χ2v) is 9.49. The fraction of sp³-hybridized carbons (Fsp3) is 0.444. The van der Waals surface area contributed by atoms with Gasteiger partial charge in [-0.25, -0.2) is 9.78 Å². The van der Waals surface area contributed by atoms with Crippen molar-refractivity contribution in [2.24, 2.45) is 5.73 Å². The summed E-state index contributed by atoms with van der Waals surface area (Å²) in [7, 11) is 0. The molecule has 2 amide bonds. The summed E-state index contributed by atoms with van der Waals surface area (Å²) in [6.45, 7) is 8.54. The van der Waals surface area contributed by atoms with Gasteiger partial charge < -0.3 is 31.6 Å². The summed E-state index contributed by atoms with van der Waals surface area (Å²) >= 11 is 0. The molecule has 196 valence electrons. The van der Waals surface area contributed by atoms with Crippen LogP contribution in [-0.4, -0.2) is 64.3 Å². The molecule has 1 aliphatic heterocycles. The third-order valence-electron chi connectivity index (χ3n) is 6.84. The summed E-state index contributed by atoms with van der Waals surface area (Å²) in [5.74, 6) is 1.19. The molecule has 1 fully saturated rings. The molecule has 10 heteroatoms. The number of aromatic nitrogens is 3. The van der Waals surface area contributed by atoms with Crippen LogP contribution in [-0.2, 0) is 0 Å². The molecule has 1 aromatic carbocycles. The van der Waals surface area contributed by atoms with Gasteiger partial charge in [0.25, 0.3) is 0 Å². The van der Waals surface area contributed by atoms with Gasteiger partial charge in [0.1, 0.15) is 11.4 Å². The van der Waals surface area contributed by atoms with Gasteiger partial charge in [-0.15, -0.1) is 0 Å². The number of anilines is 3. The van der Waals surface area contributed by atoms with Crippen molar-refractivity contribution in [1.82, 2.24) is 19.9 Å². The Labute approximate surface area is 218 Å². The Morgan fingerprint density at radius 1 is 1.16 bits per heavy atom. The number of nitrogens with one attached hydrogen (secondary N) is 3. The first-order valence-corrected chi connectivity index (χ1v) is 13.0. The first-order valence-electron chi connectivity index (χ1n) is 13.0. The second kappa shape index (κ2) is 11.9. The molecule has 0 aliphatic carbocycles. The van der Waals surface area contributed by atoms with Gasteiger partial charge in [-0.2, -0.15) is 4.98 Å². The van der Waals surface area contributed by atoms with E-state index in [1.54, 1.807) is 4.90 Å². The zero-order chi connectivity index (χ0) is 26.4. The lowest BCUT2D eigenvalue weighted by molar-refractivity contribution is 0.204. The SMILES string of the molecule is CCC[C@@H](Nc1nc(N2CCN(C(N)=O)CC2)nc(C=N)c1NC(C)CC)c1cnc2ccccc2c1. The highest BCUT2D eigenvalue weighted by Crippen LogP contribution is 2.32. The third-order valence-corrected chi connectivity index (χ3v) is 6.84. The molecule has 1 saturated heterocycles. The number of primary amides is 1. The molecular weight excluding hydrogens is 466 g/mol. The maximum absolute atomic E-state index is 11.6. The van der Waals surface area contributed by atoms with Crippen LogP contribution in [0.2, 0.25) is 0 Å². The maximum Gasteiger partial charge on any atom is 0.314 e. The molecule has 0 bridgehead atoms. The minimum atomic E-state index is -0.414. The van der Waals surface area contributed by atoms with Crippen LogP contribution < -0.4 is 21.3 Å². The molecule has 1 unspecified atom stereocenters. The fourth-order valence-electron chi connectivity index (χ4n) is 4.49. The van der Waals surface area contributed by atoms with Gasteiger partial charge >= 0.3 is 6.03 Å². The first kappa shape index (κ1) is 26.1. The van der Waals surface area contributed by atoms with Crippen molar-refractivity contribution >= 4 is 40.6 Å². The van der Waals surface area contributed by atoms with Crippen molar-refractivity contribution < 1.29 is 4.79 Å². The van der Waals surface area contributed by atoms with Crippen molar-refractivity contribution in [3.8, 4) is 0 Å². The summed E-state index contributed by atoms with van der Waals surface area (Å²) in [4.78, 5) is 29.6. The minimum Gasteiger partial charge on any atom is -0.378 e. The fourth-order valence-corrected chi connectivity index (χ4v) is 4.49. The van der Waals surface area contributed by atoms with Crippen molar-refractivity contribution in [3.63, 3.8) is 0 Å². The summed E-state index contributed by atoms with van der Waals surface area (Å²) < 4.78 is 0. The zero-order valence-electron chi connectivity index (χ0n) is 21.9. The summed E-state index contributed by atoms with van der Waals surface area (Å²) in [6.07, 6.45) is 5.98. The van der Waals surface area contributed by atoms with E-state index in [2.05, 4.69) is 48.5 Å². The van der Waals surface area contributed by atoms with Gasteiger partial charge in [-0.1, -0.05) is 38.5 Å². The van der Waals surface area contributed by atoms with Crippen LogP contribution in [0.1, 0.15) is 57.3 Å². The van der Waals surface area contributed by atoms with Gasteiger partial charge in [0.15, 0.2) is 5.82 Å². The quantitative estimate of drug-likeness (QED) is 0.301. The second-order valence-electron chi connectivity index (χ2n) is 9.49. The van der Waals surface area contributed by atoms with Gasteiger partial charge in [0, 0.05) is 50.0 Å². The maximum atomic E-state index is 11.6. The molecule has 2 atom stereocenters. The van der Waals surface area contributed by atoms with Gasteiger partial charge in [0.05, 0.1) is 11.6 Å². The van der Waals surface area contributed by atoms with Crippen LogP contribution in [0.3, 0.4) is 0 Å². The molecular formula is C27H37N9O. The Bertz CT molecular complexity index is 1240. The number of fused-ring (bicyclic) bond motifs is 1. The van der Waals surface area contributed by atoms with Gasteiger partial charge in [-0.05, 0) is 37.5 Å². The molecule has 37 heavy (non-hydrogen) atoms. The van der Waals surface area contributed by atoms with E-state index in [1.807, 2.05) is 29.3 Å². The van der Waals surface area contributed by atoms with E-state index in [1.165, 1.54) is 6.21 Å². The van der Waals surface area contributed by atoms with Crippen LogP contribution >= 0.6 is 0 Å². The van der Waals surface area contributed by atoms with Crippen molar-refractivity contribution in [2.75, 3.05) is 41.7 Å². The lowest BCUT2D eigenvalue weighted by atomic mass is 10.0. The number of hydrogen-bond donors (Lipinski definition) is 4. The molecule has 5 N–H and O–H groups in total. The van der Waals surface area contributed by atoms with Crippen molar-refractivity contribution in [1.29, 1.82) is 5.41 Å². The highest BCUT2D eigenvalue weighted by atomic mass is 16.2. The van der Waals surface area contributed by atoms with Crippen LogP contribution in [0.4, 0.5) is 22.2 Å². The molecule has 0 radical (unpaired) electrons. The molecule has 1 aliphatic rings. The summed E-state index contributed by atoms with van der Waals surface area (Å²) in [5, 5.41) is 16.4. The van der Waals surface area contributed by atoms with Crippen LogP contribution in [0.15, 0.2) is 36.5 Å². The number of para-hydroxylation sites is 1. The summed E-state index contributed by atoms with van der Waals surface area (Å²) in [6, 6.07) is 10.0. The number of nitrogens with zero attached hydrogens (tertiary/aromatic N) is 5. The predicted octanol–water partition coefficient (Wildman–Crippen LogP) is 4.39. The third kappa shape index (κ3) is 6.07. The molecule has 2 aromatic heterocycles. The number of carbonyl (C=O) groups is 1. The van der Waals surface area contributed by atoms with Gasteiger partial charge in [-0.3, -0.25) is 4.98 Å². The Hall–Kier alpha value is -3.95. The average molecular weight is 504 g/mol. The standard InChI is InChI=1S/C27H37N9O/c1-4-8-22(20-15-19-9-6-7-10-21(19)30-17-20)32-25-24(31-18(3)5-2)23(16-28)33-27(34-25)36-13-11-35(12-14-36)26(29)37/h6-7,9-10,15-18,22,28,31H,4-5,8,11-14H2,1-3H3,(H2,29,37)(H,32,33,34)/t18?,22-/m1/s1. The Kier molecular flexibility index (Phi) is 8.37. The topological polar surface area (TPSA) is 136 Å². The van der Waals surface area contributed by atoms with E-state index < -0.39 is 6.03 Å². The number of amides is 2. The molecule has 4 rings (SSSR count). The lowest BCUT2D eigenvalue weighted by Gasteiger charge is -2.34. The van der Waals surface area contributed by atoms with Crippen molar-refractivity contribution in [3.05, 3.63) is 47.8 Å². The van der Waals surface area contributed by atoms with Gasteiger partial charge in [0.2, 0.25) is 5.95 Å². The number of benzene rings is 1. The number of rotatable bonds is 10. The smallest absolute Gasteiger partial charge is 0.314 e. The van der Waals surface area contributed by atoms with E-state index >= 15 is 0 Å². The van der Waals surface area contributed by atoms with E-state index in [4.69, 9.17) is 21.1 Å². The Morgan fingerprint density at radius 2 is 1.92 bits per heavy atom. The molecule has 0 spiro atoms. The zero-order valence-corrected chi connectivity index (χ0v) is 21.9. The molecule has 3 aromatic rings.